The van der Waals surface area contributed by atoms with E-state index < -0.39 is 0 Å². The molecule has 0 nitrogen and oxygen atoms in total. The highest BCUT2D eigenvalue weighted by molar-refractivity contribution is 5.46. The van der Waals surface area contributed by atoms with Crippen molar-refractivity contribution < 1.29 is 0 Å². The zero-order valence-corrected chi connectivity index (χ0v) is 9.71. The molecule has 0 rings (SSSR count). The molecular weight excluding hydrogens is 228 g/mol. The van der Waals surface area contributed by atoms with Crippen molar-refractivity contribution in [1.29, 1.82) is 0 Å². The first-order valence-electron chi connectivity index (χ1n) is 4.60. The van der Waals surface area contributed by atoms with Gasteiger partial charge in [0.15, 0.2) is 0 Å². The van der Waals surface area contributed by atoms with Crippen LogP contribution in [0.5, 0.6) is 0 Å². The minimum atomic E-state index is 1.87. The molecule has 0 saturated carbocycles. The van der Waals surface area contributed by atoms with Gasteiger partial charge >= 0.3 is 0 Å². The molecule has 0 heterocycles. The van der Waals surface area contributed by atoms with Gasteiger partial charge in [-0.1, -0.05) is 5.92 Å². The Morgan fingerprint density at radius 1 is 0.421 bits per heavy atom. The largest absolute Gasteiger partial charge is 0.0881 e. The summed E-state index contributed by atoms with van der Waals surface area (Å²) in [5, 5.41) is 0. The maximum atomic E-state index is 6.48. The first-order chi connectivity index (χ1) is 9.41. The van der Waals surface area contributed by atoms with Crippen molar-refractivity contribution in [1.82, 2.24) is 0 Å². The van der Waals surface area contributed by atoms with Crippen LogP contribution in [0.1, 0.15) is 0 Å². The second-order valence-electron chi connectivity index (χ2n) is 2.18. The quantitative estimate of drug-likeness (QED) is 0.530. The predicted molar refractivity (Wildman–Crippen MR) is 74.7 cm³/mol. The second-order valence-corrected chi connectivity index (χ2v) is 2.18. The van der Waals surface area contributed by atoms with Crippen molar-refractivity contribution in [3.63, 3.8) is 0 Å². The van der Waals surface area contributed by atoms with Crippen LogP contribution in [0.3, 0.4) is 0 Å². The van der Waals surface area contributed by atoms with Crippen molar-refractivity contribution in [3.05, 3.63) is 13.3 Å². The fraction of sp³-hybridized carbons (Fsp3) is 0. The average molecular weight is 230 g/mol. The molecule has 0 heteroatoms. The highest BCUT2D eigenvalue weighted by Crippen LogP contribution is 1.58. The Morgan fingerprint density at radius 2 is 0.684 bits per heavy atom. The molecular formula is C19H2. The van der Waals surface area contributed by atoms with E-state index in [1.54, 1.807) is 0 Å². The van der Waals surface area contributed by atoms with Crippen LogP contribution < -0.4 is 0 Å². The fourth-order valence-electron chi connectivity index (χ4n) is 0.482. The minimum absolute atomic E-state index is 1.87. The van der Waals surface area contributed by atoms with Gasteiger partial charge in [-0.3, -0.25) is 0 Å². The van der Waals surface area contributed by atoms with Gasteiger partial charge in [0, 0.05) is 60.7 Å². The highest BCUT2D eigenvalue weighted by atomic mass is 13.6. The Hall–Kier alpha value is -3.96. The molecule has 0 spiro atoms. The van der Waals surface area contributed by atoms with E-state index in [9.17, 15) is 0 Å². The van der Waals surface area contributed by atoms with Crippen molar-refractivity contribution in [2.24, 2.45) is 0 Å². The lowest BCUT2D eigenvalue weighted by atomic mass is 10.5. The van der Waals surface area contributed by atoms with Crippen molar-refractivity contribution in [3.8, 4) is 101 Å². The summed E-state index contributed by atoms with van der Waals surface area (Å²) >= 11 is 0. The lowest BCUT2D eigenvalue weighted by molar-refractivity contribution is 2.31. The SMILES string of the molecule is [C]#CC#CC#CC#CC#CC#CC#CC#CC#C[CH2]. The molecule has 78 valence electrons. The predicted octanol–water partition coefficient (Wildman–Crippen LogP) is 0.437. The zero-order chi connectivity index (χ0) is 14.0. The Balaban J connectivity index is 4.32. The van der Waals surface area contributed by atoms with Gasteiger partial charge in [-0.05, 0) is 47.4 Å². The third kappa shape index (κ3) is 14.0. The molecule has 0 aliphatic rings. The molecule has 0 unspecified atom stereocenters. The summed E-state index contributed by atoms with van der Waals surface area (Å²) in [6.45, 7) is 3.29. The first kappa shape index (κ1) is 15.0. The van der Waals surface area contributed by atoms with Gasteiger partial charge in [-0.2, -0.15) is 0 Å². The van der Waals surface area contributed by atoms with Gasteiger partial charge in [0.25, 0.3) is 0 Å². The summed E-state index contributed by atoms with van der Waals surface area (Å²) < 4.78 is 0. The Bertz CT molecular complexity index is 857. The summed E-state index contributed by atoms with van der Waals surface area (Å²) in [5.74, 6) is 40.7. The summed E-state index contributed by atoms with van der Waals surface area (Å²) in [4.78, 5) is 0. The minimum Gasteiger partial charge on any atom is -0.0881 e. The number of rotatable bonds is 0. The third-order valence-corrected chi connectivity index (χ3v) is 1.03. The molecule has 19 heavy (non-hydrogen) atoms. The van der Waals surface area contributed by atoms with Crippen LogP contribution in [0.15, 0.2) is 0 Å². The van der Waals surface area contributed by atoms with Gasteiger partial charge in [0.1, 0.15) is 0 Å². The van der Waals surface area contributed by atoms with E-state index in [0.29, 0.717) is 0 Å². The van der Waals surface area contributed by atoms with Gasteiger partial charge in [-0.15, -0.1) is 0 Å². The van der Waals surface area contributed by atoms with E-state index in [4.69, 9.17) is 6.42 Å². The summed E-state index contributed by atoms with van der Waals surface area (Å²) in [7, 11) is 0. The zero-order valence-electron chi connectivity index (χ0n) is 9.71. The molecule has 0 aromatic heterocycles. The summed E-state index contributed by atoms with van der Waals surface area (Å²) in [5.41, 5.74) is 0. The number of hydrogen-bond acceptors (Lipinski definition) is 0. The lowest BCUT2D eigenvalue weighted by Gasteiger charge is -1.56. The molecule has 2 radical (unpaired) electrons. The van der Waals surface area contributed by atoms with Crippen LogP contribution in [0.4, 0.5) is 0 Å². The topological polar surface area (TPSA) is 0 Å². The third-order valence-electron chi connectivity index (χ3n) is 1.03. The van der Waals surface area contributed by atoms with Gasteiger partial charge in [0.05, 0.1) is 0 Å². The molecule has 0 N–H and O–H groups in total. The van der Waals surface area contributed by atoms with Gasteiger partial charge < -0.3 is 0 Å². The monoisotopic (exact) mass is 230 g/mol. The van der Waals surface area contributed by atoms with Crippen molar-refractivity contribution >= 4 is 0 Å². The second kappa shape index (κ2) is 14.0. The van der Waals surface area contributed by atoms with Crippen LogP contribution >= 0.6 is 0 Å². The molecule has 0 fully saturated rings. The van der Waals surface area contributed by atoms with E-state index in [1.807, 2.05) is 5.92 Å². The Labute approximate surface area is 114 Å². The van der Waals surface area contributed by atoms with E-state index in [0.717, 1.165) is 0 Å². The van der Waals surface area contributed by atoms with Crippen LogP contribution in [-0.2, 0) is 0 Å². The summed E-state index contributed by atoms with van der Waals surface area (Å²) in [6, 6.07) is 0. The molecule has 0 amide bonds. The Kier molecular flexibility index (Phi) is 11.1. The maximum Gasteiger partial charge on any atom is 0.0209 e. The van der Waals surface area contributed by atoms with Crippen LogP contribution in [0.25, 0.3) is 0 Å². The van der Waals surface area contributed by atoms with E-state index in [-0.39, 0.29) is 0 Å². The molecule has 0 bridgehead atoms. The molecule has 0 saturated heterocycles. The van der Waals surface area contributed by atoms with E-state index >= 15 is 0 Å². The van der Waals surface area contributed by atoms with Crippen LogP contribution in [0, 0.1) is 114 Å². The smallest absolute Gasteiger partial charge is 0.0209 e. The number of hydrogen-bond donors (Lipinski definition) is 0. The molecule has 0 aromatic carbocycles. The fourth-order valence-corrected chi connectivity index (χ4v) is 0.482. The van der Waals surface area contributed by atoms with Gasteiger partial charge in [0.2, 0.25) is 0 Å². The molecule has 0 atom stereocenters. The first-order valence-corrected chi connectivity index (χ1v) is 4.60. The normalized spacial score (nSPS) is 3.79. The maximum absolute atomic E-state index is 6.48. The van der Waals surface area contributed by atoms with Crippen LogP contribution in [0.2, 0.25) is 0 Å². The van der Waals surface area contributed by atoms with E-state index in [1.165, 1.54) is 0 Å². The average Bonchev–Trinajstić information content (AvgIpc) is 2.43. The Morgan fingerprint density at radius 3 is 0.947 bits per heavy atom. The highest BCUT2D eigenvalue weighted by Gasteiger charge is 1.57. The molecule has 0 aliphatic heterocycles. The molecule has 0 aromatic rings. The summed E-state index contributed by atoms with van der Waals surface area (Å²) in [6.07, 6.45) is 6.48. The standard InChI is InChI=1S/C19H2/c1-3-5-7-9-11-13-15-17-19-18-16-14-12-10-8-6-4-2/h1H2. The lowest BCUT2D eigenvalue weighted by Crippen LogP contribution is -1.56. The van der Waals surface area contributed by atoms with Gasteiger partial charge in [-0.25, -0.2) is 0 Å². The van der Waals surface area contributed by atoms with Crippen LogP contribution in [-0.4, -0.2) is 0 Å². The van der Waals surface area contributed by atoms with E-state index in [2.05, 4.69) is 102 Å². The van der Waals surface area contributed by atoms with Crippen molar-refractivity contribution in [2.45, 2.75) is 0 Å². The molecule has 0 aliphatic carbocycles. The van der Waals surface area contributed by atoms with Crippen molar-refractivity contribution in [2.75, 3.05) is 0 Å².